The third-order valence-electron chi connectivity index (χ3n) is 3.18. The molecule has 0 bridgehead atoms. The number of nitrogens with two attached hydrogens (primary N) is 1. The van der Waals surface area contributed by atoms with E-state index in [4.69, 9.17) is 32.2 Å². The number of fused-ring (bicyclic) bond motifs is 1. The normalized spacial score (nSPS) is 12.2. The molecule has 108 valence electrons. The molecule has 2 aromatic rings. The van der Waals surface area contributed by atoms with Gasteiger partial charge >= 0.3 is 0 Å². The SMILES string of the molecule is Cc1ccnc(OCc2ccc3c(c2)OCO3)c1C(N)=S. The monoisotopic (exact) mass is 302 g/mol. The Morgan fingerprint density at radius 3 is 2.95 bits per heavy atom. The average Bonchev–Trinajstić information content (AvgIpc) is 2.92. The topological polar surface area (TPSA) is 66.6 Å². The van der Waals surface area contributed by atoms with Crippen molar-refractivity contribution in [1.29, 1.82) is 0 Å². The lowest BCUT2D eigenvalue weighted by Crippen LogP contribution is -2.14. The molecule has 6 heteroatoms. The van der Waals surface area contributed by atoms with Crippen molar-refractivity contribution in [2.45, 2.75) is 13.5 Å². The van der Waals surface area contributed by atoms with Crippen molar-refractivity contribution in [3.63, 3.8) is 0 Å². The molecule has 3 rings (SSSR count). The van der Waals surface area contributed by atoms with Crippen molar-refractivity contribution in [3.05, 3.63) is 47.2 Å². The van der Waals surface area contributed by atoms with E-state index in [2.05, 4.69) is 4.98 Å². The van der Waals surface area contributed by atoms with E-state index in [1.165, 1.54) is 0 Å². The molecule has 0 radical (unpaired) electrons. The number of hydrogen-bond donors (Lipinski definition) is 1. The molecular formula is C15H14N2O3S. The van der Waals surface area contributed by atoms with Crippen LogP contribution >= 0.6 is 12.2 Å². The van der Waals surface area contributed by atoms with Crippen molar-refractivity contribution < 1.29 is 14.2 Å². The van der Waals surface area contributed by atoms with Gasteiger partial charge in [-0.25, -0.2) is 4.98 Å². The summed E-state index contributed by atoms with van der Waals surface area (Å²) in [6.45, 7) is 2.52. The van der Waals surface area contributed by atoms with Gasteiger partial charge in [0.25, 0.3) is 0 Å². The summed E-state index contributed by atoms with van der Waals surface area (Å²) in [5, 5.41) is 0. The molecule has 2 heterocycles. The van der Waals surface area contributed by atoms with Gasteiger partial charge in [0, 0.05) is 6.20 Å². The maximum atomic E-state index is 5.75. The summed E-state index contributed by atoms with van der Waals surface area (Å²) >= 11 is 5.05. The number of aromatic nitrogens is 1. The first-order valence-corrected chi connectivity index (χ1v) is 6.82. The number of pyridine rings is 1. The van der Waals surface area contributed by atoms with Gasteiger partial charge in [0.1, 0.15) is 11.6 Å². The quantitative estimate of drug-likeness (QED) is 0.874. The minimum absolute atomic E-state index is 0.255. The van der Waals surface area contributed by atoms with Crippen molar-refractivity contribution in [2.75, 3.05) is 6.79 Å². The van der Waals surface area contributed by atoms with Crippen LogP contribution in [0.2, 0.25) is 0 Å². The first kappa shape index (κ1) is 13.6. The number of ether oxygens (including phenoxy) is 3. The Morgan fingerprint density at radius 1 is 1.33 bits per heavy atom. The van der Waals surface area contributed by atoms with Gasteiger partial charge in [0.05, 0.1) is 5.56 Å². The molecule has 0 fully saturated rings. The van der Waals surface area contributed by atoms with E-state index in [1.54, 1.807) is 6.20 Å². The summed E-state index contributed by atoms with van der Waals surface area (Å²) in [5.41, 5.74) is 8.31. The number of aryl methyl sites for hydroxylation is 1. The fourth-order valence-corrected chi connectivity index (χ4v) is 2.37. The van der Waals surface area contributed by atoms with Gasteiger partial charge in [-0.2, -0.15) is 0 Å². The molecule has 0 amide bonds. The maximum absolute atomic E-state index is 5.75. The third-order valence-corrected chi connectivity index (χ3v) is 3.39. The Labute approximate surface area is 127 Å². The molecule has 1 aromatic heterocycles. The first-order chi connectivity index (χ1) is 10.1. The van der Waals surface area contributed by atoms with Crippen LogP contribution in [0, 0.1) is 6.92 Å². The highest BCUT2D eigenvalue weighted by Crippen LogP contribution is 2.32. The summed E-state index contributed by atoms with van der Waals surface area (Å²) in [4.78, 5) is 4.48. The molecule has 21 heavy (non-hydrogen) atoms. The average molecular weight is 302 g/mol. The van der Waals surface area contributed by atoms with Crippen LogP contribution in [0.1, 0.15) is 16.7 Å². The van der Waals surface area contributed by atoms with Gasteiger partial charge in [0.2, 0.25) is 12.7 Å². The van der Waals surface area contributed by atoms with Crippen LogP contribution in [0.25, 0.3) is 0 Å². The highest BCUT2D eigenvalue weighted by molar-refractivity contribution is 7.80. The van der Waals surface area contributed by atoms with Crippen LogP contribution in [-0.2, 0) is 6.61 Å². The molecule has 1 aliphatic rings. The lowest BCUT2D eigenvalue weighted by atomic mass is 10.1. The Kier molecular flexibility index (Phi) is 3.62. The van der Waals surface area contributed by atoms with E-state index in [0.717, 1.165) is 22.6 Å². The largest absolute Gasteiger partial charge is 0.472 e. The molecule has 2 N–H and O–H groups in total. The molecule has 1 aliphatic heterocycles. The van der Waals surface area contributed by atoms with Gasteiger partial charge in [-0.05, 0) is 36.2 Å². The zero-order chi connectivity index (χ0) is 14.8. The number of benzene rings is 1. The number of hydrogen-bond acceptors (Lipinski definition) is 5. The van der Waals surface area contributed by atoms with E-state index >= 15 is 0 Å². The van der Waals surface area contributed by atoms with E-state index in [1.807, 2.05) is 31.2 Å². The predicted molar refractivity (Wildman–Crippen MR) is 81.8 cm³/mol. The van der Waals surface area contributed by atoms with Gasteiger partial charge in [-0.1, -0.05) is 18.3 Å². The van der Waals surface area contributed by atoms with Crippen LogP contribution in [0.4, 0.5) is 0 Å². The highest BCUT2D eigenvalue weighted by atomic mass is 32.1. The smallest absolute Gasteiger partial charge is 0.231 e. The second-order valence-electron chi connectivity index (χ2n) is 4.65. The Balaban J connectivity index is 1.79. The lowest BCUT2D eigenvalue weighted by molar-refractivity contribution is 0.174. The Morgan fingerprint density at radius 2 is 2.14 bits per heavy atom. The molecule has 0 spiro atoms. The zero-order valence-electron chi connectivity index (χ0n) is 11.5. The summed E-state index contributed by atoms with van der Waals surface area (Å²) in [6, 6.07) is 7.52. The molecule has 0 unspecified atom stereocenters. The van der Waals surface area contributed by atoms with Gasteiger partial charge in [0.15, 0.2) is 11.5 Å². The summed E-state index contributed by atoms with van der Waals surface area (Å²) in [6.07, 6.45) is 1.67. The summed E-state index contributed by atoms with van der Waals surface area (Å²) in [7, 11) is 0. The van der Waals surface area contributed by atoms with Crippen molar-refractivity contribution in [2.24, 2.45) is 5.73 Å². The lowest BCUT2D eigenvalue weighted by Gasteiger charge is -2.11. The van der Waals surface area contributed by atoms with E-state index in [0.29, 0.717) is 18.1 Å². The Hall–Kier alpha value is -2.34. The Bertz CT molecular complexity index is 703. The van der Waals surface area contributed by atoms with E-state index in [9.17, 15) is 0 Å². The van der Waals surface area contributed by atoms with Gasteiger partial charge in [-0.15, -0.1) is 0 Å². The van der Waals surface area contributed by atoms with Crippen LogP contribution in [-0.4, -0.2) is 16.8 Å². The van der Waals surface area contributed by atoms with Gasteiger partial charge in [-0.3, -0.25) is 0 Å². The third kappa shape index (κ3) is 2.75. The number of nitrogens with zero attached hydrogens (tertiary/aromatic N) is 1. The van der Waals surface area contributed by atoms with Crippen LogP contribution in [0.5, 0.6) is 17.4 Å². The standard InChI is InChI=1S/C15H14N2O3S/c1-9-4-5-17-15(13(9)14(16)21)18-7-10-2-3-11-12(6-10)20-8-19-11/h2-6H,7-8H2,1H3,(H2,16,21). The summed E-state index contributed by atoms with van der Waals surface area (Å²) in [5.74, 6) is 1.92. The molecule has 0 aliphatic carbocycles. The first-order valence-electron chi connectivity index (χ1n) is 6.42. The molecule has 0 atom stereocenters. The minimum atomic E-state index is 0.255. The second kappa shape index (κ2) is 5.57. The molecule has 1 aromatic carbocycles. The molecule has 0 saturated heterocycles. The fourth-order valence-electron chi connectivity index (χ4n) is 2.12. The fraction of sp³-hybridized carbons (Fsp3) is 0.200. The number of rotatable bonds is 4. The van der Waals surface area contributed by atoms with E-state index in [-0.39, 0.29) is 11.8 Å². The van der Waals surface area contributed by atoms with Gasteiger partial charge < -0.3 is 19.9 Å². The molecule has 0 saturated carbocycles. The van der Waals surface area contributed by atoms with Crippen LogP contribution in [0.15, 0.2) is 30.5 Å². The second-order valence-corrected chi connectivity index (χ2v) is 5.09. The van der Waals surface area contributed by atoms with Crippen molar-refractivity contribution >= 4 is 17.2 Å². The maximum Gasteiger partial charge on any atom is 0.231 e. The van der Waals surface area contributed by atoms with Crippen LogP contribution < -0.4 is 19.9 Å². The highest BCUT2D eigenvalue weighted by Gasteiger charge is 2.15. The van der Waals surface area contributed by atoms with Crippen molar-refractivity contribution in [1.82, 2.24) is 4.98 Å². The zero-order valence-corrected chi connectivity index (χ0v) is 12.3. The van der Waals surface area contributed by atoms with E-state index < -0.39 is 0 Å². The number of thiocarbonyl (C=S) groups is 1. The van der Waals surface area contributed by atoms with Crippen LogP contribution in [0.3, 0.4) is 0 Å². The minimum Gasteiger partial charge on any atom is -0.472 e. The molecular weight excluding hydrogens is 288 g/mol. The molecule has 5 nitrogen and oxygen atoms in total. The summed E-state index contributed by atoms with van der Waals surface area (Å²) < 4.78 is 16.4. The predicted octanol–water partition coefficient (Wildman–Crippen LogP) is 2.33. The van der Waals surface area contributed by atoms with Crippen molar-refractivity contribution in [3.8, 4) is 17.4 Å².